The fourth-order valence-corrected chi connectivity index (χ4v) is 4.29. The van der Waals surface area contributed by atoms with Gasteiger partial charge in [-0.2, -0.15) is 0 Å². The van der Waals surface area contributed by atoms with Crippen LogP contribution in [0.25, 0.3) is 0 Å². The van der Waals surface area contributed by atoms with Crippen molar-refractivity contribution >= 4 is 23.5 Å². The third-order valence-corrected chi connectivity index (χ3v) is 6.11. The summed E-state index contributed by atoms with van der Waals surface area (Å²) >= 11 is 0. The molecule has 0 saturated heterocycles. The molecule has 4 atom stereocenters. The monoisotopic (exact) mass is 410 g/mol. The van der Waals surface area contributed by atoms with Crippen LogP contribution in [0.1, 0.15) is 65.2 Å². The number of carbonyl (C=O) groups is 4. The Morgan fingerprint density at radius 1 is 0.621 bits per heavy atom. The first kappa shape index (κ1) is 23.5. The van der Waals surface area contributed by atoms with E-state index in [1.807, 2.05) is 0 Å². The summed E-state index contributed by atoms with van der Waals surface area (Å²) in [6.45, 7) is 3.93. The maximum absolute atomic E-state index is 12.1. The van der Waals surface area contributed by atoms with E-state index in [0.29, 0.717) is 12.8 Å². The smallest absolute Gasteiger partial charge is 0.309 e. The first-order valence-corrected chi connectivity index (χ1v) is 10.8. The van der Waals surface area contributed by atoms with Gasteiger partial charge in [-0.15, -0.1) is 0 Å². The van der Waals surface area contributed by atoms with Crippen LogP contribution in [-0.4, -0.2) is 49.9 Å². The summed E-state index contributed by atoms with van der Waals surface area (Å²) in [5.41, 5.74) is 0. The number of ketones is 2. The van der Waals surface area contributed by atoms with Gasteiger partial charge in [0.05, 0.1) is 25.0 Å². The molecule has 0 unspecified atom stereocenters. The van der Waals surface area contributed by atoms with E-state index in [4.69, 9.17) is 14.2 Å². The lowest BCUT2D eigenvalue weighted by molar-refractivity contribution is -0.153. The SMILES string of the molecule is CC(=O)[C@@H]1CCC[C@@H](C(=O)OCCOCCOC(=O)[C@H]2CCC[C@H](C(C)=O)C2)C1. The third kappa shape index (κ3) is 7.88. The van der Waals surface area contributed by atoms with Gasteiger partial charge in [0.1, 0.15) is 24.8 Å². The van der Waals surface area contributed by atoms with Crippen molar-refractivity contribution in [1.82, 2.24) is 0 Å². The van der Waals surface area contributed by atoms with Gasteiger partial charge >= 0.3 is 11.9 Å². The first-order chi connectivity index (χ1) is 13.9. The molecule has 0 aliphatic heterocycles. The number of ether oxygens (including phenoxy) is 3. The molecule has 0 amide bonds. The summed E-state index contributed by atoms with van der Waals surface area (Å²) in [7, 11) is 0. The van der Waals surface area contributed by atoms with Gasteiger partial charge in [-0.25, -0.2) is 0 Å². The molecule has 0 aromatic heterocycles. The summed E-state index contributed by atoms with van der Waals surface area (Å²) in [5.74, 6) is -0.687. The summed E-state index contributed by atoms with van der Waals surface area (Å²) < 4.78 is 15.9. The minimum Gasteiger partial charge on any atom is -0.463 e. The van der Waals surface area contributed by atoms with Crippen LogP contribution in [0.2, 0.25) is 0 Å². The molecule has 2 saturated carbocycles. The lowest BCUT2D eigenvalue weighted by Gasteiger charge is -2.26. The first-order valence-electron chi connectivity index (χ1n) is 10.8. The Morgan fingerprint density at radius 2 is 1.00 bits per heavy atom. The quantitative estimate of drug-likeness (QED) is 0.403. The van der Waals surface area contributed by atoms with Crippen LogP contribution in [-0.2, 0) is 33.4 Å². The van der Waals surface area contributed by atoms with Crippen LogP contribution in [0.3, 0.4) is 0 Å². The lowest BCUT2D eigenvalue weighted by atomic mass is 9.80. The molecule has 2 fully saturated rings. The van der Waals surface area contributed by atoms with Gasteiger partial charge in [0.15, 0.2) is 0 Å². The molecule has 7 heteroatoms. The van der Waals surface area contributed by atoms with E-state index in [-0.39, 0.29) is 73.6 Å². The van der Waals surface area contributed by atoms with E-state index < -0.39 is 0 Å². The molecule has 0 radical (unpaired) electrons. The predicted molar refractivity (Wildman–Crippen MR) is 105 cm³/mol. The van der Waals surface area contributed by atoms with E-state index in [0.717, 1.165) is 38.5 Å². The highest BCUT2D eigenvalue weighted by molar-refractivity contribution is 5.80. The van der Waals surface area contributed by atoms with Crippen molar-refractivity contribution in [2.75, 3.05) is 26.4 Å². The molecule has 0 spiro atoms. The summed E-state index contributed by atoms with van der Waals surface area (Å²) in [6.07, 6.45) is 6.16. The molecule has 0 bridgehead atoms. The molecule has 2 rings (SSSR count). The Hall–Kier alpha value is -1.76. The van der Waals surface area contributed by atoms with Gasteiger partial charge < -0.3 is 14.2 Å². The van der Waals surface area contributed by atoms with Crippen LogP contribution in [0.15, 0.2) is 0 Å². The molecule has 0 N–H and O–H groups in total. The number of rotatable bonds is 10. The molecule has 7 nitrogen and oxygen atoms in total. The highest BCUT2D eigenvalue weighted by Crippen LogP contribution is 2.31. The highest BCUT2D eigenvalue weighted by atomic mass is 16.6. The molecule has 2 aliphatic carbocycles. The normalized spacial score (nSPS) is 27.1. The molecular formula is C22H34O7. The van der Waals surface area contributed by atoms with Crippen LogP contribution in [0.5, 0.6) is 0 Å². The highest BCUT2D eigenvalue weighted by Gasteiger charge is 2.31. The number of carbonyl (C=O) groups excluding carboxylic acids is 4. The number of hydrogen-bond acceptors (Lipinski definition) is 7. The zero-order valence-corrected chi connectivity index (χ0v) is 17.7. The molecular weight excluding hydrogens is 376 g/mol. The van der Waals surface area contributed by atoms with Crippen LogP contribution in [0, 0.1) is 23.7 Å². The average molecular weight is 411 g/mol. The zero-order valence-electron chi connectivity index (χ0n) is 17.7. The second-order valence-corrected chi connectivity index (χ2v) is 8.29. The van der Waals surface area contributed by atoms with Gasteiger partial charge in [-0.1, -0.05) is 12.8 Å². The lowest BCUT2D eigenvalue weighted by Crippen LogP contribution is -2.29. The van der Waals surface area contributed by atoms with Crippen LogP contribution >= 0.6 is 0 Å². The van der Waals surface area contributed by atoms with Gasteiger partial charge in [-0.3, -0.25) is 19.2 Å². The Morgan fingerprint density at radius 3 is 1.38 bits per heavy atom. The molecule has 0 aromatic carbocycles. The summed E-state index contributed by atoms with van der Waals surface area (Å²) in [6, 6.07) is 0. The number of Topliss-reactive ketones (excluding diaryl/α,β-unsaturated/α-hetero) is 2. The molecule has 29 heavy (non-hydrogen) atoms. The van der Waals surface area contributed by atoms with E-state index in [2.05, 4.69) is 0 Å². The molecule has 0 aromatic rings. The van der Waals surface area contributed by atoms with Crippen molar-refractivity contribution < 1.29 is 33.4 Å². The van der Waals surface area contributed by atoms with E-state index >= 15 is 0 Å². The Balaban J connectivity index is 1.52. The van der Waals surface area contributed by atoms with Crippen molar-refractivity contribution in [1.29, 1.82) is 0 Å². The Labute approximate surface area is 172 Å². The van der Waals surface area contributed by atoms with Gasteiger partial charge in [0.2, 0.25) is 0 Å². The largest absolute Gasteiger partial charge is 0.463 e. The topological polar surface area (TPSA) is 96.0 Å². The van der Waals surface area contributed by atoms with Crippen molar-refractivity contribution in [3.8, 4) is 0 Å². The standard InChI is InChI=1S/C22H34O7/c1-15(23)17-5-3-7-19(13-17)21(25)28-11-9-27-10-12-29-22(26)20-8-4-6-18(14-20)16(2)24/h17-20H,3-14H2,1-2H3/t17-,18+,19-,20+. The fraction of sp³-hybridized carbons (Fsp3) is 0.818. The minimum atomic E-state index is -0.261. The zero-order chi connectivity index (χ0) is 21.2. The van der Waals surface area contributed by atoms with Crippen molar-refractivity contribution in [2.45, 2.75) is 65.2 Å². The third-order valence-electron chi connectivity index (χ3n) is 6.11. The van der Waals surface area contributed by atoms with Crippen molar-refractivity contribution in [3.05, 3.63) is 0 Å². The second kappa shape index (κ2) is 12.1. The van der Waals surface area contributed by atoms with E-state index in [1.165, 1.54) is 0 Å². The minimum absolute atomic E-state index is 0.0258. The maximum Gasteiger partial charge on any atom is 0.309 e. The average Bonchev–Trinajstić information content (AvgIpc) is 2.72. The summed E-state index contributed by atoms with van der Waals surface area (Å²) in [4.78, 5) is 47.2. The second-order valence-electron chi connectivity index (χ2n) is 8.29. The van der Waals surface area contributed by atoms with Gasteiger partial charge in [0, 0.05) is 11.8 Å². The molecule has 164 valence electrons. The van der Waals surface area contributed by atoms with Crippen molar-refractivity contribution in [3.63, 3.8) is 0 Å². The number of esters is 2. The Bertz CT molecular complexity index is 536. The van der Waals surface area contributed by atoms with E-state index in [1.54, 1.807) is 13.8 Å². The Kier molecular flexibility index (Phi) is 9.78. The maximum atomic E-state index is 12.1. The van der Waals surface area contributed by atoms with Crippen LogP contribution in [0.4, 0.5) is 0 Å². The van der Waals surface area contributed by atoms with Gasteiger partial charge in [0.25, 0.3) is 0 Å². The molecule has 2 aliphatic rings. The number of hydrogen-bond donors (Lipinski definition) is 0. The summed E-state index contributed by atoms with van der Waals surface area (Å²) in [5, 5.41) is 0. The predicted octanol–water partition coefficient (Wildman–Crippen LogP) is 2.88. The van der Waals surface area contributed by atoms with Crippen LogP contribution < -0.4 is 0 Å². The van der Waals surface area contributed by atoms with Gasteiger partial charge in [-0.05, 0) is 52.4 Å². The molecule has 0 heterocycles. The fourth-order valence-electron chi connectivity index (χ4n) is 4.29. The van der Waals surface area contributed by atoms with Crippen molar-refractivity contribution in [2.24, 2.45) is 23.7 Å². The van der Waals surface area contributed by atoms with E-state index in [9.17, 15) is 19.2 Å².